The third kappa shape index (κ3) is 4.37. The van der Waals surface area contributed by atoms with Gasteiger partial charge in [-0.3, -0.25) is 4.79 Å². The highest BCUT2D eigenvalue weighted by molar-refractivity contribution is 7.99. The van der Waals surface area contributed by atoms with E-state index in [9.17, 15) is 4.79 Å². The van der Waals surface area contributed by atoms with Crippen LogP contribution in [0.15, 0.2) is 43.1 Å². The number of carbonyl (C=O) groups excluding carboxylic acids is 1. The Kier molecular flexibility index (Phi) is 5.90. The molecule has 1 atom stereocenters. The van der Waals surface area contributed by atoms with Gasteiger partial charge in [0.05, 0.1) is 6.04 Å². The summed E-state index contributed by atoms with van der Waals surface area (Å²) in [5.74, 6) is 1.67. The van der Waals surface area contributed by atoms with E-state index in [0.29, 0.717) is 13.0 Å². The van der Waals surface area contributed by atoms with E-state index in [0.717, 1.165) is 28.0 Å². The van der Waals surface area contributed by atoms with Gasteiger partial charge in [0.25, 0.3) is 0 Å². The SMILES string of the molecule is C=CCSCCNC(=O)C(N)Cc1c[nH]c2ccccc12. The molecule has 0 spiro atoms. The molecule has 0 saturated carbocycles. The smallest absolute Gasteiger partial charge is 0.237 e. The minimum absolute atomic E-state index is 0.0977. The van der Waals surface area contributed by atoms with Gasteiger partial charge < -0.3 is 16.0 Å². The highest BCUT2D eigenvalue weighted by Gasteiger charge is 2.15. The predicted octanol–water partition coefficient (Wildman–Crippen LogP) is 2.07. The van der Waals surface area contributed by atoms with Crippen LogP contribution in [0.25, 0.3) is 10.9 Å². The molecule has 0 bridgehead atoms. The van der Waals surface area contributed by atoms with E-state index >= 15 is 0 Å². The first kappa shape index (κ1) is 15.7. The Labute approximate surface area is 129 Å². The molecule has 4 N–H and O–H groups in total. The molecule has 1 unspecified atom stereocenters. The molecule has 0 aliphatic carbocycles. The number of aromatic nitrogens is 1. The van der Waals surface area contributed by atoms with Crippen LogP contribution in [0.4, 0.5) is 0 Å². The van der Waals surface area contributed by atoms with Crippen LogP contribution in [-0.2, 0) is 11.2 Å². The lowest BCUT2D eigenvalue weighted by molar-refractivity contribution is -0.122. The molecule has 0 saturated heterocycles. The summed E-state index contributed by atoms with van der Waals surface area (Å²) in [5, 5.41) is 4.00. The lowest BCUT2D eigenvalue weighted by Crippen LogP contribution is -2.42. The molecular formula is C16H21N3OS. The average molecular weight is 303 g/mol. The van der Waals surface area contributed by atoms with Crippen molar-refractivity contribution in [3.05, 3.63) is 48.7 Å². The molecule has 0 fully saturated rings. The zero-order valence-corrected chi connectivity index (χ0v) is 12.8. The van der Waals surface area contributed by atoms with Crippen molar-refractivity contribution >= 4 is 28.6 Å². The number of para-hydroxylation sites is 1. The molecule has 21 heavy (non-hydrogen) atoms. The van der Waals surface area contributed by atoms with Crippen LogP contribution in [0, 0.1) is 0 Å². The summed E-state index contributed by atoms with van der Waals surface area (Å²) in [6.45, 7) is 4.29. The highest BCUT2D eigenvalue weighted by Crippen LogP contribution is 2.18. The monoisotopic (exact) mass is 303 g/mol. The largest absolute Gasteiger partial charge is 0.361 e. The molecular weight excluding hydrogens is 282 g/mol. The number of carbonyl (C=O) groups is 1. The summed E-state index contributed by atoms with van der Waals surface area (Å²) < 4.78 is 0. The Morgan fingerprint density at radius 2 is 2.29 bits per heavy atom. The van der Waals surface area contributed by atoms with E-state index in [1.165, 1.54) is 0 Å². The number of nitrogens with one attached hydrogen (secondary N) is 2. The molecule has 1 amide bonds. The maximum atomic E-state index is 12.0. The lowest BCUT2D eigenvalue weighted by atomic mass is 10.1. The van der Waals surface area contributed by atoms with Crippen molar-refractivity contribution in [1.29, 1.82) is 0 Å². The molecule has 1 aromatic heterocycles. The number of thioether (sulfide) groups is 1. The number of hydrogen-bond acceptors (Lipinski definition) is 3. The summed E-state index contributed by atoms with van der Waals surface area (Å²) >= 11 is 1.74. The summed E-state index contributed by atoms with van der Waals surface area (Å²) in [5.41, 5.74) is 8.14. The van der Waals surface area contributed by atoms with E-state index in [-0.39, 0.29) is 5.91 Å². The van der Waals surface area contributed by atoms with Gasteiger partial charge in [-0.1, -0.05) is 24.3 Å². The average Bonchev–Trinajstić information content (AvgIpc) is 2.90. The van der Waals surface area contributed by atoms with Crippen molar-refractivity contribution in [2.24, 2.45) is 5.73 Å². The lowest BCUT2D eigenvalue weighted by Gasteiger charge is -2.11. The van der Waals surface area contributed by atoms with Crippen LogP contribution in [-0.4, -0.2) is 35.0 Å². The number of nitrogens with two attached hydrogens (primary N) is 1. The number of fused-ring (bicyclic) bond motifs is 1. The van der Waals surface area contributed by atoms with E-state index in [1.807, 2.05) is 36.5 Å². The van der Waals surface area contributed by atoms with Crippen molar-refractivity contribution in [3.8, 4) is 0 Å². The van der Waals surface area contributed by atoms with Gasteiger partial charge in [-0.15, -0.1) is 6.58 Å². The van der Waals surface area contributed by atoms with Crippen molar-refractivity contribution in [2.45, 2.75) is 12.5 Å². The molecule has 0 aliphatic heterocycles. The maximum Gasteiger partial charge on any atom is 0.237 e. The van der Waals surface area contributed by atoms with Crippen molar-refractivity contribution in [3.63, 3.8) is 0 Å². The Bertz CT molecular complexity index is 608. The molecule has 2 rings (SSSR count). The summed E-state index contributed by atoms with van der Waals surface area (Å²) in [6, 6.07) is 7.51. The molecule has 1 aromatic carbocycles. The minimum Gasteiger partial charge on any atom is -0.361 e. The molecule has 112 valence electrons. The molecule has 4 nitrogen and oxygen atoms in total. The Morgan fingerprint density at radius 1 is 1.48 bits per heavy atom. The fraction of sp³-hybridized carbons (Fsp3) is 0.312. The summed E-state index contributed by atoms with van der Waals surface area (Å²) in [4.78, 5) is 15.2. The second kappa shape index (κ2) is 7.90. The fourth-order valence-corrected chi connectivity index (χ4v) is 2.75. The van der Waals surface area contributed by atoms with E-state index < -0.39 is 6.04 Å². The normalized spacial score (nSPS) is 12.2. The van der Waals surface area contributed by atoms with E-state index in [1.54, 1.807) is 11.8 Å². The van der Waals surface area contributed by atoms with Crippen molar-refractivity contribution in [1.82, 2.24) is 10.3 Å². The molecule has 2 aromatic rings. The number of hydrogen-bond donors (Lipinski definition) is 3. The Morgan fingerprint density at radius 3 is 3.10 bits per heavy atom. The van der Waals surface area contributed by atoms with Gasteiger partial charge >= 0.3 is 0 Å². The molecule has 0 aliphatic rings. The molecule has 1 heterocycles. The van der Waals surface area contributed by atoms with Crippen LogP contribution in [0.5, 0.6) is 0 Å². The van der Waals surface area contributed by atoms with Gasteiger partial charge in [0.15, 0.2) is 0 Å². The minimum atomic E-state index is -0.520. The second-order valence-corrected chi connectivity index (χ2v) is 5.97. The standard InChI is InChI=1S/C16H21N3OS/c1-2-8-21-9-7-18-16(20)14(17)10-12-11-19-15-6-4-3-5-13(12)15/h2-6,11,14,19H,1,7-10,17H2,(H,18,20). The number of H-pyrrole nitrogens is 1. The van der Waals surface area contributed by atoms with Gasteiger partial charge in [-0.25, -0.2) is 0 Å². The quantitative estimate of drug-likeness (QED) is 0.516. The fourth-order valence-electron chi connectivity index (χ4n) is 2.17. The zero-order valence-electron chi connectivity index (χ0n) is 12.0. The zero-order chi connectivity index (χ0) is 15.1. The highest BCUT2D eigenvalue weighted by atomic mass is 32.2. The summed E-state index contributed by atoms with van der Waals surface area (Å²) in [6.07, 6.45) is 4.32. The number of rotatable bonds is 8. The van der Waals surface area contributed by atoms with Crippen LogP contribution in [0.2, 0.25) is 0 Å². The first-order chi connectivity index (χ1) is 10.2. The molecule has 0 radical (unpaired) electrons. The number of benzene rings is 1. The topological polar surface area (TPSA) is 70.9 Å². The van der Waals surface area contributed by atoms with Crippen molar-refractivity contribution < 1.29 is 4.79 Å². The predicted molar refractivity (Wildman–Crippen MR) is 90.5 cm³/mol. The van der Waals surface area contributed by atoms with Gasteiger partial charge in [0, 0.05) is 35.2 Å². The maximum absolute atomic E-state index is 12.0. The van der Waals surface area contributed by atoms with Crippen molar-refractivity contribution in [2.75, 3.05) is 18.1 Å². The molecule has 5 heteroatoms. The van der Waals surface area contributed by atoms with Gasteiger partial charge in [-0.05, 0) is 18.1 Å². The third-order valence-corrected chi connectivity index (χ3v) is 4.20. The first-order valence-electron chi connectivity index (χ1n) is 6.99. The Balaban J connectivity index is 1.84. The van der Waals surface area contributed by atoms with E-state index in [2.05, 4.69) is 16.9 Å². The van der Waals surface area contributed by atoms with Gasteiger partial charge in [0.2, 0.25) is 5.91 Å². The third-order valence-electron chi connectivity index (χ3n) is 3.23. The van der Waals surface area contributed by atoms with Gasteiger partial charge in [-0.2, -0.15) is 11.8 Å². The Hall–Kier alpha value is -1.72. The first-order valence-corrected chi connectivity index (χ1v) is 8.14. The van der Waals surface area contributed by atoms with Gasteiger partial charge in [0.1, 0.15) is 0 Å². The van der Waals surface area contributed by atoms with Crippen LogP contribution in [0.1, 0.15) is 5.56 Å². The summed E-state index contributed by atoms with van der Waals surface area (Å²) in [7, 11) is 0. The van der Waals surface area contributed by atoms with E-state index in [4.69, 9.17) is 5.73 Å². The van der Waals surface area contributed by atoms with Crippen LogP contribution >= 0.6 is 11.8 Å². The second-order valence-electron chi connectivity index (χ2n) is 4.82. The number of aromatic amines is 1. The van der Waals surface area contributed by atoms with Crippen LogP contribution < -0.4 is 11.1 Å². The van der Waals surface area contributed by atoms with Crippen LogP contribution in [0.3, 0.4) is 0 Å². The number of amides is 1.